The fourth-order valence-corrected chi connectivity index (χ4v) is 3.46. The van der Waals surface area contributed by atoms with E-state index in [1.54, 1.807) is 4.90 Å². The van der Waals surface area contributed by atoms with Crippen molar-refractivity contribution in [2.75, 3.05) is 33.0 Å². The zero-order chi connectivity index (χ0) is 19.3. The highest BCUT2D eigenvalue weighted by Gasteiger charge is 2.23. The summed E-state index contributed by atoms with van der Waals surface area (Å²) >= 11 is 0. The predicted octanol–water partition coefficient (Wildman–Crippen LogP) is 2.51. The van der Waals surface area contributed by atoms with Crippen LogP contribution in [0.1, 0.15) is 23.5 Å². The Morgan fingerprint density at radius 2 is 1.86 bits per heavy atom. The van der Waals surface area contributed by atoms with Crippen molar-refractivity contribution in [2.24, 2.45) is 0 Å². The Morgan fingerprint density at radius 3 is 2.64 bits per heavy atom. The second-order valence-corrected chi connectivity index (χ2v) is 6.73. The van der Waals surface area contributed by atoms with Gasteiger partial charge in [0.1, 0.15) is 6.61 Å². The van der Waals surface area contributed by atoms with Gasteiger partial charge >= 0.3 is 6.09 Å². The zero-order valence-electron chi connectivity index (χ0n) is 15.4. The van der Waals surface area contributed by atoms with Crippen LogP contribution in [0.5, 0.6) is 11.5 Å². The normalized spacial score (nSPS) is 16.0. The second-order valence-electron chi connectivity index (χ2n) is 6.73. The Bertz CT molecular complexity index is 855. The van der Waals surface area contributed by atoms with Gasteiger partial charge in [-0.05, 0) is 23.3 Å². The number of hydrogen-bond acceptors (Lipinski definition) is 5. The van der Waals surface area contributed by atoms with Crippen molar-refractivity contribution in [1.29, 1.82) is 0 Å². The van der Waals surface area contributed by atoms with E-state index in [9.17, 15) is 9.59 Å². The van der Waals surface area contributed by atoms with Crippen LogP contribution in [0.15, 0.2) is 48.5 Å². The van der Waals surface area contributed by atoms with Crippen LogP contribution < -0.4 is 14.8 Å². The van der Waals surface area contributed by atoms with E-state index in [0.717, 1.165) is 16.9 Å². The maximum Gasteiger partial charge on any atom is 0.409 e. The summed E-state index contributed by atoms with van der Waals surface area (Å²) in [6, 6.07) is 15.7. The summed E-state index contributed by atoms with van der Waals surface area (Å²) in [5.41, 5.74) is 2.05. The fourth-order valence-electron chi connectivity index (χ4n) is 3.46. The molecule has 1 N–H and O–H groups in total. The quantitative estimate of drug-likeness (QED) is 0.796. The summed E-state index contributed by atoms with van der Waals surface area (Å²) in [6.07, 6.45) is -0.0227. The first-order valence-corrected chi connectivity index (χ1v) is 9.33. The molecule has 0 aromatic heterocycles. The largest absolute Gasteiger partial charge is 0.454 e. The van der Waals surface area contributed by atoms with Gasteiger partial charge in [0.15, 0.2) is 11.5 Å². The van der Waals surface area contributed by atoms with Crippen molar-refractivity contribution in [1.82, 2.24) is 10.2 Å². The average molecular weight is 382 g/mol. The number of fused-ring (bicyclic) bond motifs is 1. The van der Waals surface area contributed by atoms with Gasteiger partial charge in [-0.3, -0.25) is 4.79 Å². The molecule has 2 heterocycles. The Balaban J connectivity index is 1.44. The monoisotopic (exact) mass is 382 g/mol. The highest BCUT2D eigenvalue weighted by atomic mass is 16.7. The topological polar surface area (TPSA) is 77.1 Å². The molecule has 146 valence electrons. The van der Waals surface area contributed by atoms with Gasteiger partial charge in [-0.25, -0.2) is 4.79 Å². The van der Waals surface area contributed by atoms with Crippen molar-refractivity contribution < 1.29 is 23.8 Å². The molecule has 1 fully saturated rings. The number of carbonyl (C=O) groups excluding carboxylic acids is 2. The van der Waals surface area contributed by atoms with Gasteiger partial charge in [0.05, 0.1) is 6.54 Å². The minimum Gasteiger partial charge on any atom is -0.454 e. The summed E-state index contributed by atoms with van der Waals surface area (Å²) < 4.78 is 15.8. The number of amides is 2. The highest BCUT2D eigenvalue weighted by molar-refractivity contribution is 5.77. The fraction of sp³-hybridized carbons (Fsp3) is 0.333. The number of ether oxygens (including phenoxy) is 3. The van der Waals surface area contributed by atoms with Crippen LogP contribution in [-0.4, -0.2) is 49.9 Å². The summed E-state index contributed by atoms with van der Waals surface area (Å²) in [7, 11) is 0. The van der Waals surface area contributed by atoms with Gasteiger partial charge in [-0.15, -0.1) is 0 Å². The van der Waals surface area contributed by atoms with E-state index in [-0.39, 0.29) is 24.7 Å². The molecular formula is C21H22N2O5. The summed E-state index contributed by atoms with van der Waals surface area (Å²) in [6.45, 7) is 2.04. The maximum atomic E-state index is 12.6. The van der Waals surface area contributed by atoms with Crippen LogP contribution in [0.25, 0.3) is 0 Å². The minimum absolute atomic E-state index is 0.0703. The summed E-state index contributed by atoms with van der Waals surface area (Å²) in [5.74, 6) is 1.25. The Morgan fingerprint density at radius 1 is 1.04 bits per heavy atom. The first kappa shape index (κ1) is 18.2. The van der Waals surface area contributed by atoms with E-state index in [2.05, 4.69) is 5.32 Å². The Labute approximate surface area is 163 Å². The second kappa shape index (κ2) is 8.21. The molecule has 2 aromatic carbocycles. The van der Waals surface area contributed by atoms with E-state index < -0.39 is 0 Å². The van der Waals surface area contributed by atoms with E-state index >= 15 is 0 Å². The molecule has 2 aliphatic rings. The molecule has 7 nitrogen and oxygen atoms in total. The number of benzene rings is 2. The molecule has 0 saturated carbocycles. The molecule has 2 amide bonds. The number of hydrogen-bond donors (Lipinski definition) is 1. The lowest BCUT2D eigenvalue weighted by molar-refractivity contribution is -0.121. The molecule has 0 spiro atoms. The van der Waals surface area contributed by atoms with Crippen LogP contribution >= 0.6 is 0 Å². The van der Waals surface area contributed by atoms with Crippen molar-refractivity contribution in [2.45, 2.75) is 12.3 Å². The molecule has 4 rings (SSSR count). The third kappa shape index (κ3) is 4.03. The third-order valence-electron chi connectivity index (χ3n) is 4.94. The smallest absolute Gasteiger partial charge is 0.409 e. The van der Waals surface area contributed by atoms with Gasteiger partial charge in [-0.1, -0.05) is 36.4 Å². The molecule has 2 aliphatic heterocycles. The SMILES string of the molecule is O=C(CC(c1ccccc1)c1ccc2c(c1)OCO2)NCCN1CCOC1=O. The van der Waals surface area contributed by atoms with Gasteiger partial charge in [0.2, 0.25) is 12.7 Å². The van der Waals surface area contributed by atoms with Crippen molar-refractivity contribution in [3.8, 4) is 11.5 Å². The van der Waals surface area contributed by atoms with Gasteiger partial charge < -0.3 is 24.4 Å². The lowest BCUT2D eigenvalue weighted by Crippen LogP contribution is -2.35. The van der Waals surface area contributed by atoms with Crippen molar-refractivity contribution in [3.05, 3.63) is 59.7 Å². The molecule has 0 bridgehead atoms. The molecule has 28 heavy (non-hydrogen) atoms. The highest BCUT2D eigenvalue weighted by Crippen LogP contribution is 2.37. The Hall–Kier alpha value is -3.22. The number of cyclic esters (lactones) is 1. The van der Waals surface area contributed by atoms with Crippen molar-refractivity contribution in [3.63, 3.8) is 0 Å². The van der Waals surface area contributed by atoms with Gasteiger partial charge in [0, 0.05) is 25.4 Å². The van der Waals surface area contributed by atoms with Gasteiger partial charge in [0.25, 0.3) is 0 Å². The van der Waals surface area contributed by atoms with Crippen LogP contribution in [0.2, 0.25) is 0 Å². The predicted molar refractivity (Wildman–Crippen MR) is 101 cm³/mol. The van der Waals surface area contributed by atoms with E-state index in [0.29, 0.717) is 38.4 Å². The molecule has 2 aromatic rings. The van der Waals surface area contributed by atoms with Gasteiger partial charge in [-0.2, -0.15) is 0 Å². The van der Waals surface area contributed by atoms with Crippen LogP contribution in [0.4, 0.5) is 4.79 Å². The van der Waals surface area contributed by atoms with Crippen LogP contribution in [-0.2, 0) is 9.53 Å². The number of carbonyl (C=O) groups is 2. The minimum atomic E-state index is -0.322. The van der Waals surface area contributed by atoms with E-state index in [1.165, 1.54) is 0 Å². The van der Waals surface area contributed by atoms with E-state index in [1.807, 2.05) is 48.5 Å². The molecular weight excluding hydrogens is 360 g/mol. The number of rotatable bonds is 7. The summed E-state index contributed by atoms with van der Waals surface area (Å²) in [4.78, 5) is 25.6. The number of nitrogens with zero attached hydrogens (tertiary/aromatic N) is 1. The Kier molecular flexibility index (Phi) is 5.32. The summed E-state index contributed by atoms with van der Waals surface area (Å²) in [5, 5.41) is 2.91. The van der Waals surface area contributed by atoms with Crippen LogP contribution in [0.3, 0.4) is 0 Å². The molecule has 1 saturated heterocycles. The molecule has 0 aliphatic carbocycles. The molecule has 0 radical (unpaired) electrons. The standard InChI is InChI=1S/C21H22N2O5/c24-20(22-8-9-23-10-11-26-21(23)25)13-17(15-4-2-1-3-5-15)16-6-7-18-19(12-16)28-14-27-18/h1-7,12,17H,8-11,13-14H2,(H,22,24). The lowest BCUT2D eigenvalue weighted by atomic mass is 9.88. The molecule has 1 atom stereocenters. The van der Waals surface area contributed by atoms with Crippen LogP contribution in [0, 0.1) is 0 Å². The number of nitrogens with one attached hydrogen (secondary N) is 1. The average Bonchev–Trinajstić information content (AvgIpc) is 3.35. The first-order valence-electron chi connectivity index (χ1n) is 9.33. The van der Waals surface area contributed by atoms with Crippen molar-refractivity contribution >= 4 is 12.0 Å². The third-order valence-corrected chi connectivity index (χ3v) is 4.94. The lowest BCUT2D eigenvalue weighted by Gasteiger charge is -2.19. The molecule has 1 unspecified atom stereocenters. The van der Waals surface area contributed by atoms with E-state index in [4.69, 9.17) is 14.2 Å². The maximum absolute atomic E-state index is 12.6. The molecule has 7 heteroatoms. The zero-order valence-corrected chi connectivity index (χ0v) is 15.4. The first-order chi connectivity index (χ1) is 13.7.